The second kappa shape index (κ2) is 5.94. The van der Waals surface area contributed by atoms with Gasteiger partial charge in [0.15, 0.2) is 0 Å². The summed E-state index contributed by atoms with van der Waals surface area (Å²) >= 11 is 0. The molecule has 0 aliphatic rings. The van der Waals surface area contributed by atoms with E-state index < -0.39 is 6.10 Å². The Morgan fingerprint density at radius 3 is 2.69 bits per heavy atom. The molecule has 0 saturated carbocycles. The molecule has 0 bridgehead atoms. The molecule has 0 aliphatic heterocycles. The largest absolute Gasteiger partial charge is 0.392 e. The summed E-state index contributed by atoms with van der Waals surface area (Å²) in [5.41, 5.74) is 6.52. The SMILES string of the molecule is CC(O)CN(C)C(CN)c1cccc(F)c1. The van der Waals surface area contributed by atoms with Crippen molar-refractivity contribution in [1.82, 2.24) is 4.90 Å². The molecule has 1 aromatic carbocycles. The second-order valence-corrected chi connectivity index (χ2v) is 4.10. The zero-order valence-electron chi connectivity index (χ0n) is 9.73. The summed E-state index contributed by atoms with van der Waals surface area (Å²) < 4.78 is 13.1. The van der Waals surface area contributed by atoms with Gasteiger partial charge in [-0.3, -0.25) is 4.90 Å². The lowest BCUT2D eigenvalue weighted by molar-refractivity contribution is 0.119. The fourth-order valence-corrected chi connectivity index (χ4v) is 1.83. The number of halogens is 1. The van der Waals surface area contributed by atoms with Gasteiger partial charge in [-0.25, -0.2) is 4.39 Å². The summed E-state index contributed by atoms with van der Waals surface area (Å²) in [5.74, 6) is -0.263. The topological polar surface area (TPSA) is 49.5 Å². The van der Waals surface area contributed by atoms with Crippen LogP contribution in [0.15, 0.2) is 24.3 Å². The minimum Gasteiger partial charge on any atom is -0.392 e. The normalized spacial score (nSPS) is 15.1. The number of benzene rings is 1. The van der Waals surface area contributed by atoms with Gasteiger partial charge in [0.25, 0.3) is 0 Å². The molecule has 3 nitrogen and oxygen atoms in total. The highest BCUT2D eigenvalue weighted by atomic mass is 19.1. The van der Waals surface area contributed by atoms with Crippen LogP contribution in [0.25, 0.3) is 0 Å². The summed E-state index contributed by atoms with van der Waals surface area (Å²) in [6.07, 6.45) is -0.424. The van der Waals surface area contributed by atoms with E-state index in [1.54, 1.807) is 13.0 Å². The van der Waals surface area contributed by atoms with Crippen molar-refractivity contribution in [3.8, 4) is 0 Å². The van der Waals surface area contributed by atoms with Gasteiger partial charge >= 0.3 is 0 Å². The van der Waals surface area contributed by atoms with E-state index in [1.165, 1.54) is 12.1 Å². The van der Waals surface area contributed by atoms with Crippen molar-refractivity contribution in [2.24, 2.45) is 5.73 Å². The van der Waals surface area contributed by atoms with Crippen LogP contribution in [0, 0.1) is 5.82 Å². The first-order valence-electron chi connectivity index (χ1n) is 5.38. The third kappa shape index (κ3) is 3.56. The maximum Gasteiger partial charge on any atom is 0.123 e. The first-order valence-corrected chi connectivity index (χ1v) is 5.38. The monoisotopic (exact) mass is 226 g/mol. The lowest BCUT2D eigenvalue weighted by Crippen LogP contribution is -2.35. The zero-order chi connectivity index (χ0) is 12.1. The van der Waals surface area contributed by atoms with Gasteiger partial charge in [0, 0.05) is 19.1 Å². The molecule has 1 rings (SSSR count). The second-order valence-electron chi connectivity index (χ2n) is 4.10. The highest BCUT2D eigenvalue weighted by Gasteiger charge is 2.16. The van der Waals surface area contributed by atoms with Crippen LogP contribution in [0.3, 0.4) is 0 Å². The number of likely N-dealkylation sites (N-methyl/N-ethyl adjacent to an activating group) is 1. The van der Waals surface area contributed by atoms with Crippen molar-refractivity contribution in [2.45, 2.75) is 19.1 Å². The summed E-state index contributed by atoms with van der Waals surface area (Å²) in [7, 11) is 1.87. The van der Waals surface area contributed by atoms with E-state index in [9.17, 15) is 9.50 Å². The van der Waals surface area contributed by atoms with Gasteiger partial charge in [0.2, 0.25) is 0 Å². The predicted molar refractivity (Wildman–Crippen MR) is 62.5 cm³/mol. The first-order chi connectivity index (χ1) is 7.54. The standard InChI is InChI=1S/C12H19FN2O/c1-9(16)8-15(2)12(7-14)10-4-3-5-11(13)6-10/h3-6,9,12,16H,7-8,14H2,1-2H3. The average molecular weight is 226 g/mol. The maximum atomic E-state index is 13.1. The van der Waals surface area contributed by atoms with E-state index in [0.717, 1.165) is 5.56 Å². The van der Waals surface area contributed by atoms with Crippen LogP contribution < -0.4 is 5.73 Å². The Hall–Kier alpha value is -0.970. The molecule has 2 unspecified atom stereocenters. The predicted octanol–water partition coefficient (Wildman–Crippen LogP) is 1.14. The van der Waals surface area contributed by atoms with Crippen LogP contribution in [-0.4, -0.2) is 36.2 Å². The van der Waals surface area contributed by atoms with E-state index >= 15 is 0 Å². The van der Waals surface area contributed by atoms with Crippen molar-refractivity contribution < 1.29 is 9.50 Å². The van der Waals surface area contributed by atoms with Gasteiger partial charge in [-0.1, -0.05) is 12.1 Å². The molecule has 16 heavy (non-hydrogen) atoms. The lowest BCUT2D eigenvalue weighted by Gasteiger charge is -2.28. The van der Waals surface area contributed by atoms with Crippen LogP contribution in [0.2, 0.25) is 0 Å². The summed E-state index contributed by atoms with van der Waals surface area (Å²) in [4.78, 5) is 1.93. The van der Waals surface area contributed by atoms with Crippen molar-refractivity contribution in [3.05, 3.63) is 35.6 Å². The van der Waals surface area contributed by atoms with E-state index in [2.05, 4.69) is 0 Å². The molecule has 0 heterocycles. The molecule has 4 heteroatoms. The lowest BCUT2D eigenvalue weighted by atomic mass is 10.1. The minimum absolute atomic E-state index is 0.0645. The van der Waals surface area contributed by atoms with Gasteiger partial charge in [-0.15, -0.1) is 0 Å². The number of nitrogens with zero attached hydrogens (tertiary/aromatic N) is 1. The van der Waals surface area contributed by atoms with E-state index in [1.807, 2.05) is 18.0 Å². The number of nitrogens with two attached hydrogens (primary N) is 1. The van der Waals surface area contributed by atoms with Gasteiger partial charge in [-0.05, 0) is 31.7 Å². The smallest absolute Gasteiger partial charge is 0.123 e. The molecular formula is C12H19FN2O. The summed E-state index contributed by atoms with van der Waals surface area (Å²) in [6, 6.07) is 6.34. The Bertz CT molecular complexity index is 331. The molecule has 0 amide bonds. The van der Waals surface area contributed by atoms with Gasteiger partial charge in [-0.2, -0.15) is 0 Å². The highest BCUT2D eigenvalue weighted by molar-refractivity contribution is 5.20. The number of rotatable bonds is 5. The fraction of sp³-hybridized carbons (Fsp3) is 0.500. The molecule has 0 saturated heterocycles. The van der Waals surface area contributed by atoms with Crippen LogP contribution in [0.1, 0.15) is 18.5 Å². The molecule has 90 valence electrons. The third-order valence-corrected chi connectivity index (χ3v) is 2.54. The van der Waals surface area contributed by atoms with Gasteiger partial charge in [0.05, 0.1) is 6.10 Å². The van der Waals surface area contributed by atoms with Crippen molar-refractivity contribution in [2.75, 3.05) is 20.1 Å². The quantitative estimate of drug-likeness (QED) is 0.791. The molecule has 0 aromatic heterocycles. The number of aliphatic hydroxyl groups excluding tert-OH is 1. The van der Waals surface area contributed by atoms with Crippen LogP contribution >= 0.6 is 0 Å². The molecular weight excluding hydrogens is 207 g/mol. The Kier molecular flexibility index (Phi) is 4.86. The molecule has 0 fully saturated rings. The Morgan fingerprint density at radius 2 is 2.19 bits per heavy atom. The minimum atomic E-state index is -0.424. The van der Waals surface area contributed by atoms with E-state index in [0.29, 0.717) is 13.1 Å². The molecule has 2 atom stereocenters. The first kappa shape index (κ1) is 13.1. The Morgan fingerprint density at radius 1 is 1.50 bits per heavy atom. The summed E-state index contributed by atoms with van der Waals surface area (Å²) in [5, 5.41) is 9.31. The number of hydrogen-bond acceptors (Lipinski definition) is 3. The molecule has 0 aliphatic carbocycles. The third-order valence-electron chi connectivity index (χ3n) is 2.54. The molecule has 0 radical (unpaired) electrons. The fourth-order valence-electron chi connectivity index (χ4n) is 1.83. The van der Waals surface area contributed by atoms with Crippen LogP contribution in [0.5, 0.6) is 0 Å². The highest BCUT2D eigenvalue weighted by Crippen LogP contribution is 2.19. The Labute approximate surface area is 95.7 Å². The van der Waals surface area contributed by atoms with E-state index in [4.69, 9.17) is 5.73 Å². The van der Waals surface area contributed by atoms with E-state index in [-0.39, 0.29) is 11.9 Å². The number of hydrogen-bond donors (Lipinski definition) is 2. The summed E-state index contributed by atoms with van der Waals surface area (Å²) in [6.45, 7) is 2.63. The van der Waals surface area contributed by atoms with Gasteiger partial charge in [0.1, 0.15) is 5.82 Å². The molecule has 3 N–H and O–H groups in total. The van der Waals surface area contributed by atoms with Crippen molar-refractivity contribution >= 4 is 0 Å². The van der Waals surface area contributed by atoms with Crippen molar-refractivity contribution in [3.63, 3.8) is 0 Å². The Balaban J connectivity index is 2.81. The zero-order valence-corrected chi connectivity index (χ0v) is 9.73. The molecule has 0 spiro atoms. The number of aliphatic hydroxyl groups is 1. The van der Waals surface area contributed by atoms with Crippen LogP contribution in [-0.2, 0) is 0 Å². The van der Waals surface area contributed by atoms with Gasteiger partial charge < -0.3 is 10.8 Å². The van der Waals surface area contributed by atoms with Crippen LogP contribution in [0.4, 0.5) is 4.39 Å². The van der Waals surface area contributed by atoms with Crippen molar-refractivity contribution in [1.29, 1.82) is 0 Å². The molecule has 1 aromatic rings. The average Bonchev–Trinajstić information content (AvgIpc) is 2.17. The maximum absolute atomic E-state index is 13.1.